The molecule has 5 heteroatoms. The first-order valence-electron chi connectivity index (χ1n) is 6.82. The lowest BCUT2D eigenvalue weighted by molar-refractivity contribution is -0.153. The summed E-state index contributed by atoms with van der Waals surface area (Å²) in [6, 6.07) is 9.50. The van der Waals surface area contributed by atoms with Crippen LogP contribution >= 0.6 is 11.8 Å². The van der Waals surface area contributed by atoms with Crippen molar-refractivity contribution in [3.05, 3.63) is 35.9 Å². The molecule has 1 saturated heterocycles. The van der Waals surface area contributed by atoms with Crippen molar-refractivity contribution < 1.29 is 9.59 Å². The monoisotopic (exact) mass is 292 g/mol. The normalized spacial score (nSPS) is 22.8. The molecule has 108 valence electrons. The maximum absolute atomic E-state index is 12.4. The largest absolute Gasteiger partial charge is 0.345 e. The summed E-state index contributed by atoms with van der Waals surface area (Å²) in [6.07, 6.45) is 0. The van der Waals surface area contributed by atoms with E-state index < -0.39 is 5.54 Å². The van der Waals surface area contributed by atoms with Crippen LogP contribution in [0.15, 0.2) is 30.3 Å². The minimum atomic E-state index is -0.912. The summed E-state index contributed by atoms with van der Waals surface area (Å²) in [5, 5.41) is 2.70. The van der Waals surface area contributed by atoms with Crippen molar-refractivity contribution >= 4 is 23.6 Å². The molecule has 20 heavy (non-hydrogen) atoms. The molecule has 4 nitrogen and oxygen atoms in total. The minimum Gasteiger partial charge on any atom is -0.345 e. The van der Waals surface area contributed by atoms with Crippen LogP contribution in [0.25, 0.3) is 0 Å². The van der Waals surface area contributed by atoms with E-state index in [1.807, 2.05) is 37.3 Å². The number of hydrogen-bond acceptors (Lipinski definition) is 3. The van der Waals surface area contributed by atoms with E-state index in [-0.39, 0.29) is 18.4 Å². The van der Waals surface area contributed by atoms with Gasteiger partial charge in [0.15, 0.2) is 0 Å². The molecule has 1 atom stereocenters. The van der Waals surface area contributed by atoms with E-state index in [9.17, 15) is 9.59 Å². The van der Waals surface area contributed by atoms with Gasteiger partial charge in [-0.25, -0.2) is 0 Å². The molecular formula is C15H20N2O2S. The number of carbonyl (C=O) groups excluding carboxylic acids is 2. The van der Waals surface area contributed by atoms with Crippen LogP contribution in [0.3, 0.4) is 0 Å². The van der Waals surface area contributed by atoms with Gasteiger partial charge < -0.3 is 10.2 Å². The fourth-order valence-corrected chi connectivity index (χ4v) is 3.09. The summed E-state index contributed by atoms with van der Waals surface area (Å²) < 4.78 is 0. The number of nitrogens with zero attached hydrogens (tertiary/aromatic N) is 1. The van der Waals surface area contributed by atoms with Crippen molar-refractivity contribution in [2.45, 2.75) is 19.4 Å². The van der Waals surface area contributed by atoms with Crippen molar-refractivity contribution in [3.8, 4) is 0 Å². The van der Waals surface area contributed by atoms with E-state index in [0.29, 0.717) is 6.54 Å². The molecule has 0 saturated carbocycles. The SMILES string of the molecule is CCSCCN1C(=O)CNC(=O)C1(C)c1ccccc1. The van der Waals surface area contributed by atoms with E-state index in [0.717, 1.165) is 17.1 Å². The smallest absolute Gasteiger partial charge is 0.250 e. The summed E-state index contributed by atoms with van der Waals surface area (Å²) >= 11 is 1.78. The average molecular weight is 292 g/mol. The van der Waals surface area contributed by atoms with Gasteiger partial charge in [0.25, 0.3) is 5.91 Å². The van der Waals surface area contributed by atoms with Gasteiger partial charge in [-0.3, -0.25) is 9.59 Å². The predicted molar refractivity (Wildman–Crippen MR) is 81.5 cm³/mol. The van der Waals surface area contributed by atoms with Crippen molar-refractivity contribution in [2.75, 3.05) is 24.6 Å². The van der Waals surface area contributed by atoms with Crippen LogP contribution in [0.4, 0.5) is 0 Å². The van der Waals surface area contributed by atoms with Crippen LogP contribution in [0.5, 0.6) is 0 Å². The Hall–Kier alpha value is -1.49. The molecule has 1 unspecified atom stereocenters. The van der Waals surface area contributed by atoms with E-state index in [4.69, 9.17) is 0 Å². The Labute approximate surface area is 123 Å². The summed E-state index contributed by atoms with van der Waals surface area (Å²) in [6.45, 7) is 4.60. The lowest BCUT2D eigenvalue weighted by atomic mass is 9.87. The number of hydrogen-bond donors (Lipinski definition) is 1. The van der Waals surface area contributed by atoms with E-state index in [1.54, 1.807) is 16.7 Å². The third-order valence-electron chi connectivity index (χ3n) is 3.68. The molecule has 0 spiro atoms. The highest BCUT2D eigenvalue weighted by molar-refractivity contribution is 7.99. The maximum Gasteiger partial charge on any atom is 0.250 e. The Balaban J connectivity index is 2.32. The van der Waals surface area contributed by atoms with Gasteiger partial charge in [0.05, 0.1) is 6.54 Å². The quantitative estimate of drug-likeness (QED) is 0.839. The molecule has 1 aromatic carbocycles. The Bertz CT molecular complexity index is 492. The van der Waals surface area contributed by atoms with Crippen molar-refractivity contribution in [1.82, 2.24) is 10.2 Å². The third-order valence-corrected chi connectivity index (χ3v) is 4.56. The summed E-state index contributed by atoms with van der Waals surface area (Å²) in [4.78, 5) is 26.3. The Morgan fingerprint density at radius 2 is 2.00 bits per heavy atom. The summed E-state index contributed by atoms with van der Waals surface area (Å²) in [5.41, 5.74) is -0.0581. The first-order chi connectivity index (χ1) is 9.60. The second kappa shape index (κ2) is 6.31. The highest BCUT2D eigenvalue weighted by atomic mass is 32.2. The molecule has 1 aromatic rings. The summed E-state index contributed by atoms with van der Waals surface area (Å²) in [7, 11) is 0. The molecule has 1 fully saturated rings. The fourth-order valence-electron chi connectivity index (χ4n) is 2.49. The third kappa shape index (κ3) is 2.68. The standard InChI is InChI=1S/C15H20N2O2S/c1-3-20-10-9-17-13(18)11-16-14(19)15(17,2)12-7-5-4-6-8-12/h4-8H,3,9-11H2,1-2H3,(H,16,19). The maximum atomic E-state index is 12.4. The van der Waals surface area contributed by atoms with Crippen molar-refractivity contribution in [3.63, 3.8) is 0 Å². The molecule has 2 amide bonds. The number of rotatable bonds is 5. The average Bonchev–Trinajstić information content (AvgIpc) is 2.48. The molecule has 0 radical (unpaired) electrons. The molecule has 2 rings (SSSR count). The molecule has 1 aliphatic rings. The van der Waals surface area contributed by atoms with Crippen molar-refractivity contribution in [2.24, 2.45) is 0 Å². The lowest BCUT2D eigenvalue weighted by Gasteiger charge is -2.43. The van der Waals surface area contributed by atoms with E-state index >= 15 is 0 Å². The van der Waals surface area contributed by atoms with Crippen LogP contribution in [0.2, 0.25) is 0 Å². The Morgan fingerprint density at radius 3 is 2.65 bits per heavy atom. The van der Waals surface area contributed by atoms with Crippen LogP contribution in [0.1, 0.15) is 19.4 Å². The van der Waals surface area contributed by atoms with Gasteiger partial charge in [-0.15, -0.1) is 0 Å². The lowest BCUT2D eigenvalue weighted by Crippen LogP contribution is -2.64. The fraction of sp³-hybridized carbons (Fsp3) is 0.467. The van der Waals surface area contributed by atoms with E-state index in [2.05, 4.69) is 12.2 Å². The van der Waals surface area contributed by atoms with Gasteiger partial charge in [0, 0.05) is 12.3 Å². The first kappa shape index (κ1) is 14.9. The van der Waals surface area contributed by atoms with Gasteiger partial charge in [-0.1, -0.05) is 37.3 Å². The molecule has 0 aliphatic carbocycles. The van der Waals surface area contributed by atoms with Crippen LogP contribution in [-0.4, -0.2) is 41.3 Å². The van der Waals surface area contributed by atoms with Crippen LogP contribution in [-0.2, 0) is 15.1 Å². The van der Waals surface area contributed by atoms with E-state index in [1.165, 1.54) is 0 Å². The van der Waals surface area contributed by atoms with Crippen LogP contribution < -0.4 is 5.32 Å². The molecule has 1 heterocycles. The molecule has 0 bridgehead atoms. The zero-order valence-corrected chi connectivity index (χ0v) is 12.7. The first-order valence-corrected chi connectivity index (χ1v) is 7.98. The number of benzene rings is 1. The number of carbonyl (C=O) groups is 2. The Morgan fingerprint density at radius 1 is 1.30 bits per heavy atom. The van der Waals surface area contributed by atoms with Gasteiger partial charge in [-0.2, -0.15) is 11.8 Å². The number of piperazine rings is 1. The highest BCUT2D eigenvalue weighted by Crippen LogP contribution is 2.31. The van der Waals surface area contributed by atoms with Gasteiger partial charge in [-0.05, 0) is 18.2 Å². The molecular weight excluding hydrogens is 272 g/mol. The number of amides is 2. The predicted octanol–water partition coefficient (Wildman–Crippen LogP) is 1.61. The number of nitrogens with one attached hydrogen (secondary N) is 1. The second-order valence-electron chi connectivity index (χ2n) is 4.86. The molecule has 0 aromatic heterocycles. The molecule has 1 N–H and O–H groups in total. The van der Waals surface area contributed by atoms with Crippen molar-refractivity contribution in [1.29, 1.82) is 0 Å². The van der Waals surface area contributed by atoms with Gasteiger partial charge in [0.2, 0.25) is 5.91 Å². The topological polar surface area (TPSA) is 49.4 Å². The highest BCUT2D eigenvalue weighted by Gasteiger charge is 2.46. The molecule has 1 aliphatic heterocycles. The zero-order chi connectivity index (χ0) is 14.6. The van der Waals surface area contributed by atoms with Crippen LogP contribution in [0, 0.1) is 0 Å². The van der Waals surface area contributed by atoms with Gasteiger partial charge in [0.1, 0.15) is 5.54 Å². The second-order valence-corrected chi connectivity index (χ2v) is 6.26. The summed E-state index contributed by atoms with van der Waals surface area (Å²) in [5.74, 6) is 1.73. The Kier molecular flexibility index (Phi) is 4.70. The van der Waals surface area contributed by atoms with Gasteiger partial charge >= 0.3 is 0 Å². The zero-order valence-electron chi connectivity index (χ0n) is 11.9. The minimum absolute atomic E-state index is 0.0207. The number of thioether (sulfide) groups is 1.